The van der Waals surface area contributed by atoms with Gasteiger partial charge in [0.15, 0.2) is 0 Å². The smallest absolute Gasteiger partial charge is 0.247 e. The molecule has 7 heteroatoms. The predicted octanol–water partition coefficient (Wildman–Crippen LogP) is 4.71. The molecule has 0 saturated carbocycles. The van der Waals surface area contributed by atoms with E-state index in [2.05, 4.69) is 5.32 Å². The van der Waals surface area contributed by atoms with Crippen molar-refractivity contribution < 1.29 is 13.2 Å². The second-order valence-electron chi connectivity index (χ2n) is 6.81. The van der Waals surface area contributed by atoms with Gasteiger partial charge >= 0.3 is 0 Å². The van der Waals surface area contributed by atoms with Gasteiger partial charge in [-0.3, -0.25) is 0 Å². The van der Waals surface area contributed by atoms with Crippen LogP contribution < -0.4 is 10.1 Å². The molecule has 0 amide bonds. The first-order valence-corrected chi connectivity index (χ1v) is 11.1. The Kier molecular flexibility index (Phi) is 5.50. The third-order valence-electron chi connectivity index (χ3n) is 5.00. The van der Waals surface area contributed by atoms with Crippen LogP contribution in [-0.2, 0) is 16.4 Å². The fraction of sp³-hybridized carbons (Fsp3) is 0.182. The summed E-state index contributed by atoms with van der Waals surface area (Å²) in [5.41, 5.74) is 2.44. The molecule has 0 saturated heterocycles. The Hall–Kier alpha value is -2.54. The highest BCUT2D eigenvalue weighted by Gasteiger charge is 2.38. The highest BCUT2D eigenvalue weighted by molar-refractivity contribution is 7.89. The van der Waals surface area contributed by atoms with Crippen molar-refractivity contribution in [2.45, 2.75) is 17.5 Å². The van der Waals surface area contributed by atoms with Crippen molar-refractivity contribution in [3.05, 3.63) is 88.9 Å². The SMILES string of the molecule is COc1cccc(C2Nc3ccccc3S(=O)(=O)N2CCc2ccc(Cl)cc2)c1. The van der Waals surface area contributed by atoms with Crippen LogP contribution in [0.25, 0.3) is 0 Å². The number of rotatable bonds is 5. The van der Waals surface area contributed by atoms with Crippen LogP contribution in [0.5, 0.6) is 5.75 Å². The summed E-state index contributed by atoms with van der Waals surface area (Å²) in [5, 5.41) is 4.04. The third kappa shape index (κ3) is 3.96. The number of sulfonamides is 1. The lowest BCUT2D eigenvalue weighted by Crippen LogP contribution is -2.43. The fourth-order valence-corrected chi connectivity index (χ4v) is 5.31. The molecular weight excluding hydrogens is 408 g/mol. The van der Waals surface area contributed by atoms with E-state index in [1.54, 1.807) is 25.3 Å². The van der Waals surface area contributed by atoms with Crippen molar-refractivity contribution in [2.75, 3.05) is 19.0 Å². The lowest BCUT2D eigenvalue weighted by atomic mass is 10.1. The number of nitrogens with zero attached hydrogens (tertiary/aromatic N) is 1. The molecule has 1 aliphatic rings. The van der Waals surface area contributed by atoms with Crippen LogP contribution >= 0.6 is 11.6 Å². The molecule has 1 aliphatic heterocycles. The van der Waals surface area contributed by atoms with Crippen molar-refractivity contribution in [2.24, 2.45) is 0 Å². The standard InChI is InChI=1S/C22H21ClN2O3S/c1-28-19-6-4-5-17(15-19)22-24-20-7-2-3-8-21(20)29(26,27)25(22)14-13-16-9-11-18(23)12-10-16/h2-12,15,22,24H,13-14H2,1H3. The topological polar surface area (TPSA) is 58.6 Å². The molecule has 5 nitrogen and oxygen atoms in total. The van der Waals surface area contributed by atoms with Gasteiger partial charge in [-0.15, -0.1) is 0 Å². The Balaban J connectivity index is 1.73. The van der Waals surface area contributed by atoms with Crippen molar-refractivity contribution in [3.8, 4) is 5.75 Å². The molecule has 29 heavy (non-hydrogen) atoms. The second kappa shape index (κ2) is 8.06. The van der Waals surface area contributed by atoms with Gasteiger partial charge in [0.1, 0.15) is 16.8 Å². The van der Waals surface area contributed by atoms with Crippen molar-refractivity contribution in [1.29, 1.82) is 0 Å². The Morgan fingerprint density at radius 3 is 2.55 bits per heavy atom. The Labute approximate surface area is 175 Å². The normalized spacial score (nSPS) is 17.9. The maximum atomic E-state index is 13.5. The first kappa shape index (κ1) is 19.8. The largest absolute Gasteiger partial charge is 0.497 e. The lowest BCUT2D eigenvalue weighted by molar-refractivity contribution is 0.343. The average Bonchev–Trinajstić information content (AvgIpc) is 2.74. The lowest BCUT2D eigenvalue weighted by Gasteiger charge is -2.37. The van der Waals surface area contributed by atoms with E-state index < -0.39 is 16.2 Å². The molecule has 0 fully saturated rings. The van der Waals surface area contributed by atoms with Gasteiger partial charge < -0.3 is 10.1 Å². The van der Waals surface area contributed by atoms with Crippen LogP contribution in [-0.4, -0.2) is 26.4 Å². The number of hydrogen-bond donors (Lipinski definition) is 1. The summed E-state index contributed by atoms with van der Waals surface area (Å²) in [6.07, 6.45) is 0.0399. The molecule has 1 atom stereocenters. The maximum absolute atomic E-state index is 13.5. The predicted molar refractivity (Wildman–Crippen MR) is 115 cm³/mol. The number of fused-ring (bicyclic) bond motifs is 1. The molecule has 4 rings (SSSR count). The summed E-state index contributed by atoms with van der Waals surface area (Å²) >= 11 is 5.97. The number of methoxy groups -OCH3 is 1. The van der Waals surface area contributed by atoms with E-state index in [4.69, 9.17) is 16.3 Å². The minimum atomic E-state index is -3.67. The molecule has 1 N–H and O–H groups in total. The summed E-state index contributed by atoms with van der Waals surface area (Å²) in [6, 6.07) is 21.9. The van der Waals surface area contributed by atoms with Crippen LogP contribution in [0.1, 0.15) is 17.3 Å². The number of halogens is 1. The van der Waals surface area contributed by atoms with E-state index in [9.17, 15) is 8.42 Å². The third-order valence-corrected chi connectivity index (χ3v) is 7.17. The van der Waals surface area contributed by atoms with E-state index >= 15 is 0 Å². The highest BCUT2D eigenvalue weighted by atomic mass is 35.5. The number of benzene rings is 3. The van der Waals surface area contributed by atoms with Gasteiger partial charge in [0.25, 0.3) is 0 Å². The van der Waals surface area contributed by atoms with E-state index in [1.807, 2.05) is 54.6 Å². The van der Waals surface area contributed by atoms with E-state index in [0.717, 1.165) is 11.1 Å². The monoisotopic (exact) mass is 428 g/mol. The molecular formula is C22H21ClN2O3S. The molecule has 150 valence electrons. The van der Waals surface area contributed by atoms with E-state index in [-0.39, 0.29) is 4.90 Å². The highest BCUT2D eigenvalue weighted by Crippen LogP contribution is 2.38. The minimum Gasteiger partial charge on any atom is -0.497 e. The van der Waals surface area contributed by atoms with Crippen LogP contribution in [0.2, 0.25) is 5.02 Å². The van der Waals surface area contributed by atoms with Crippen molar-refractivity contribution >= 4 is 27.3 Å². The molecule has 0 aromatic heterocycles. The number of para-hydroxylation sites is 1. The maximum Gasteiger partial charge on any atom is 0.247 e. The van der Waals surface area contributed by atoms with Crippen LogP contribution in [0.3, 0.4) is 0 Å². The van der Waals surface area contributed by atoms with Crippen LogP contribution in [0, 0.1) is 0 Å². The molecule has 3 aromatic rings. The van der Waals surface area contributed by atoms with Gasteiger partial charge in [0.2, 0.25) is 10.0 Å². The number of hydrogen-bond acceptors (Lipinski definition) is 4. The average molecular weight is 429 g/mol. The fourth-order valence-electron chi connectivity index (χ4n) is 3.50. The summed E-state index contributed by atoms with van der Waals surface area (Å²) in [7, 11) is -2.08. The summed E-state index contributed by atoms with van der Waals surface area (Å²) in [4.78, 5) is 0.287. The van der Waals surface area contributed by atoms with Gasteiger partial charge in [0, 0.05) is 11.6 Å². The first-order chi connectivity index (χ1) is 14.0. The van der Waals surface area contributed by atoms with E-state index in [0.29, 0.717) is 29.4 Å². The van der Waals surface area contributed by atoms with Gasteiger partial charge in [-0.1, -0.05) is 48.0 Å². The zero-order valence-electron chi connectivity index (χ0n) is 15.9. The van der Waals surface area contributed by atoms with Crippen molar-refractivity contribution in [3.63, 3.8) is 0 Å². The summed E-state index contributed by atoms with van der Waals surface area (Å²) in [5.74, 6) is 0.679. The Bertz CT molecular complexity index is 1120. The van der Waals surface area contributed by atoms with Gasteiger partial charge in [-0.05, 0) is 53.9 Å². The quantitative estimate of drug-likeness (QED) is 0.639. The minimum absolute atomic E-state index is 0.287. The number of nitrogens with one attached hydrogen (secondary N) is 1. The summed E-state index contributed by atoms with van der Waals surface area (Å²) < 4.78 is 33.7. The number of anilines is 1. The van der Waals surface area contributed by atoms with Crippen LogP contribution in [0.4, 0.5) is 5.69 Å². The molecule has 0 bridgehead atoms. The zero-order valence-corrected chi connectivity index (χ0v) is 17.5. The second-order valence-corrected chi connectivity index (χ2v) is 9.11. The molecule has 3 aromatic carbocycles. The van der Waals surface area contributed by atoms with Crippen LogP contribution in [0.15, 0.2) is 77.7 Å². The first-order valence-electron chi connectivity index (χ1n) is 9.25. The van der Waals surface area contributed by atoms with Gasteiger partial charge in [-0.2, -0.15) is 4.31 Å². The van der Waals surface area contributed by atoms with Gasteiger partial charge in [-0.25, -0.2) is 8.42 Å². The number of ether oxygens (including phenoxy) is 1. The molecule has 1 heterocycles. The Morgan fingerprint density at radius 2 is 1.79 bits per heavy atom. The van der Waals surface area contributed by atoms with Crippen molar-refractivity contribution in [1.82, 2.24) is 4.31 Å². The zero-order chi connectivity index (χ0) is 20.4. The molecule has 1 unspecified atom stereocenters. The molecule has 0 radical (unpaired) electrons. The Morgan fingerprint density at radius 1 is 1.03 bits per heavy atom. The van der Waals surface area contributed by atoms with E-state index in [1.165, 1.54) is 4.31 Å². The van der Waals surface area contributed by atoms with Gasteiger partial charge in [0.05, 0.1) is 12.8 Å². The molecule has 0 spiro atoms. The summed E-state index contributed by atoms with van der Waals surface area (Å²) in [6.45, 7) is 0.327. The molecule has 0 aliphatic carbocycles.